The van der Waals surface area contributed by atoms with Crippen LogP contribution < -0.4 is 18.9 Å². The van der Waals surface area contributed by atoms with Crippen LogP contribution in [0.5, 0.6) is 23.0 Å². The topological polar surface area (TPSA) is 107 Å². The van der Waals surface area contributed by atoms with Crippen molar-refractivity contribution in [3.63, 3.8) is 0 Å². The molecule has 0 radical (unpaired) electrons. The molecule has 9 nitrogen and oxygen atoms in total. The lowest BCUT2D eigenvalue weighted by molar-refractivity contribution is -0.145. The molecule has 0 bridgehead atoms. The second-order valence-corrected chi connectivity index (χ2v) is 7.18. The molecule has 0 saturated carbocycles. The Balaban J connectivity index is 1.43. The SMILES string of the molecule is C=CC(=O)OCOc1ccc(OCc2ccc(C(=O)Oc3ccc(OCOC(=O)C=C)cc3)cc2)cc1. The molecule has 0 aliphatic carbocycles. The zero-order chi connectivity index (χ0) is 26.5. The number of carbonyl (C=O) groups is 3. The van der Waals surface area contributed by atoms with E-state index in [-0.39, 0.29) is 20.2 Å². The van der Waals surface area contributed by atoms with Crippen LogP contribution in [-0.2, 0) is 25.7 Å². The maximum Gasteiger partial charge on any atom is 0.343 e. The Kier molecular flexibility index (Phi) is 9.86. The fraction of sp³-hybridized carbons (Fsp3) is 0.107. The predicted octanol–water partition coefficient (Wildman–Crippen LogP) is 4.62. The maximum absolute atomic E-state index is 12.4. The fourth-order valence-electron chi connectivity index (χ4n) is 2.73. The Morgan fingerprint density at radius 2 is 1.03 bits per heavy atom. The van der Waals surface area contributed by atoms with E-state index in [1.807, 2.05) is 0 Å². The summed E-state index contributed by atoms with van der Waals surface area (Å²) < 4.78 is 31.2. The van der Waals surface area contributed by atoms with Crippen LogP contribution in [-0.4, -0.2) is 31.5 Å². The van der Waals surface area contributed by atoms with Crippen molar-refractivity contribution in [2.75, 3.05) is 13.6 Å². The third kappa shape index (κ3) is 8.91. The van der Waals surface area contributed by atoms with Gasteiger partial charge in [0.15, 0.2) is 0 Å². The quantitative estimate of drug-likeness (QED) is 0.143. The molecule has 0 atom stereocenters. The van der Waals surface area contributed by atoms with Gasteiger partial charge in [0.1, 0.15) is 29.6 Å². The number of carbonyl (C=O) groups excluding carboxylic acids is 3. The van der Waals surface area contributed by atoms with Gasteiger partial charge in [-0.3, -0.25) is 0 Å². The first-order chi connectivity index (χ1) is 18.0. The van der Waals surface area contributed by atoms with Crippen molar-refractivity contribution in [1.82, 2.24) is 0 Å². The van der Waals surface area contributed by atoms with Crippen LogP contribution >= 0.6 is 0 Å². The van der Waals surface area contributed by atoms with Crippen molar-refractivity contribution in [2.45, 2.75) is 6.61 Å². The van der Waals surface area contributed by atoms with E-state index in [0.29, 0.717) is 28.6 Å². The first-order valence-electron chi connectivity index (χ1n) is 10.9. The number of rotatable bonds is 13. The van der Waals surface area contributed by atoms with Gasteiger partial charge in [0.25, 0.3) is 0 Å². The highest BCUT2D eigenvalue weighted by Gasteiger charge is 2.09. The highest BCUT2D eigenvalue weighted by molar-refractivity contribution is 5.91. The van der Waals surface area contributed by atoms with Gasteiger partial charge in [-0.2, -0.15) is 0 Å². The summed E-state index contributed by atoms with van der Waals surface area (Å²) in [5.74, 6) is 0.236. The molecule has 37 heavy (non-hydrogen) atoms. The van der Waals surface area contributed by atoms with Gasteiger partial charge in [0.2, 0.25) is 13.6 Å². The van der Waals surface area contributed by atoms with Gasteiger partial charge in [-0.1, -0.05) is 25.3 Å². The Bertz CT molecular complexity index is 1210. The Morgan fingerprint density at radius 1 is 0.595 bits per heavy atom. The molecule has 3 aromatic rings. The summed E-state index contributed by atoms with van der Waals surface area (Å²) in [4.78, 5) is 34.4. The summed E-state index contributed by atoms with van der Waals surface area (Å²) in [5, 5.41) is 0. The zero-order valence-electron chi connectivity index (χ0n) is 19.8. The van der Waals surface area contributed by atoms with E-state index in [1.54, 1.807) is 72.8 Å². The van der Waals surface area contributed by atoms with E-state index in [1.165, 1.54) is 0 Å². The number of benzene rings is 3. The molecule has 0 aliphatic heterocycles. The highest BCUT2D eigenvalue weighted by atomic mass is 16.7. The molecular formula is C28H24O9. The average Bonchev–Trinajstić information content (AvgIpc) is 2.93. The smallest absolute Gasteiger partial charge is 0.343 e. The molecule has 0 heterocycles. The lowest BCUT2D eigenvalue weighted by Crippen LogP contribution is -2.09. The first kappa shape index (κ1) is 26.6. The molecule has 0 unspecified atom stereocenters. The first-order valence-corrected chi connectivity index (χ1v) is 10.9. The largest absolute Gasteiger partial charge is 0.489 e. The van der Waals surface area contributed by atoms with Gasteiger partial charge in [-0.25, -0.2) is 14.4 Å². The molecule has 3 rings (SSSR count). The van der Waals surface area contributed by atoms with Crippen molar-refractivity contribution in [3.05, 3.63) is 109 Å². The van der Waals surface area contributed by atoms with Crippen molar-refractivity contribution in [2.24, 2.45) is 0 Å². The number of hydrogen-bond donors (Lipinski definition) is 0. The molecule has 190 valence electrons. The van der Waals surface area contributed by atoms with Crippen LogP contribution in [0.15, 0.2) is 98.1 Å². The summed E-state index contributed by atoms with van der Waals surface area (Å²) in [6.45, 7) is 6.41. The molecule has 0 saturated heterocycles. The van der Waals surface area contributed by atoms with E-state index in [0.717, 1.165) is 17.7 Å². The minimum Gasteiger partial charge on any atom is -0.489 e. The predicted molar refractivity (Wildman–Crippen MR) is 132 cm³/mol. The summed E-state index contributed by atoms with van der Waals surface area (Å²) in [6, 6.07) is 19.9. The second-order valence-electron chi connectivity index (χ2n) is 7.18. The van der Waals surface area contributed by atoms with Gasteiger partial charge in [0, 0.05) is 12.2 Å². The maximum atomic E-state index is 12.4. The van der Waals surface area contributed by atoms with E-state index < -0.39 is 17.9 Å². The summed E-state index contributed by atoms with van der Waals surface area (Å²) >= 11 is 0. The lowest BCUT2D eigenvalue weighted by atomic mass is 10.1. The fourth-order valence-corrected chi connectivity index (χ4v) is 2.73. The second kappa shape index (κ2) is 13.7. The average molecular weight is 504 g/mol. The van der Waals surface area contributed by atoms with Gasteiger partial charge in [0.05, 0.1) is 5.56 Å². The Labute approximate surface area is 213 Å². The Hall–Kier alpha value is -5.05. The van der Waals surface area contributed by atoms with Gasteiger partial charge in [-0.15, -0.1) is 0 Å². The molecule has 9 heteroatoms. The van der Waals surface area contributed by atoms with Crippen LogP contribution in [0.3, 0.4) is 0 Å². The van der Waals surface area contributed by atoms with E-state index in [9.17, 15) is 14.4 Å². The molecule has 3 aromatic carbocycles. The van der Waals surface area contributed by atoms with Crippen molar-refractivity contribution in [3.8, 4) is 23.0 Å². The van der Waals surface area contributed by atoms with Gasteiger partial charge < -0.3 is 28.4 Å². The van der Waals surface area contributed by atoms with Gasteiger partial charge in [-0.05, 0) is 66.2 Å². The van der Waals surface area contributed by atoms with Gasteiger partial charge >= 0.3 is 17.9 Å². The third-order valence-corrected chi connectivity index (χ3v) is 4.64. The molecule has 0 spiro atoms. The monoisotopic (exact) mass is 504 g/mol. The molecule has 0 aromatic heterocycles. The van der Waals surface area contributed by atoms with E-state index in [4.69, 9.17) is 28.4 Å². The van der Waals surface area contributed by atoms with E-state index in [2.05, 4.69) is 13.2 Å². The third-order valence-electron chi connectivity index (χ3n) is 4.64. The van der Waals surface area contributed by atoms with Crippen molar-refractivity contribution in [1.29, 1.82) is 0 Å². The number of esters is 3. The van der Waals surface area contributed by atoms with Crippen LogP contribution in [0.25, 0.3) is 0 Å². The van der Waals surface area contributed by atoms with Crippen LogP contribution in [0.4, 0.5) is 0 Å². The molecule has 0 aliphatic rings. The summed E-state index contributed by atoms with van der Waals surface area (Å²) in [6.07, 6.45) is 2.09. The number of hydrogen-bond acceptors (Lipinski definition) is 9. The normalized spacial score (nSPS) is 9.95. The number of ether oxygens (including phenoxy) is 6. The standard InChI is InChI=1S/C28H24O9/c1-3-26(29)35-18-33-23-11-9-22(10-12-23)32-17-20-5-7-21(8-6-20)28(31)37-25-15-13-24(14-16-25)34-19-36-27(30)4-2/h3-16H,1-2,17-19H2. The highest BCUT2D eigenvalue weighted by Crippen LogP contribution is 2.21. The van der Waals surface area contributed by atoms with Crippen LogP contribution in [0.2, 0.25) is 0 Å². The minimum absolute atomic E-state index is 0.214. The van der Waals surface area contributed by atoms with Crippen molar-refractivity contribution < 1.29 is 42.8 Å². The van der Waals surface area contributed by atoms with Crippen molar-refractivity contribution >= 4 is 17.9 Å². The Morgan fingerprint density at radius 3 is 1.49 bits per heavy atom. The van der Waals surface area contributed by atoms with E-state index >= 15 is 0 Å². The summed E-state index contributed by atoms with van der Waals surface area (Å²) in [7, 11) is 0. The molecular weight excluding hydrogens is 480 g/mol. The summed E-state index contributed by atoms with van der Waals surface area (Å²) in [5.41, 5.74) is 1.23. The van der Waals surface area contributed by atoms with Crippen LogP contribution in [0, 0.1) is 0 Å². The zero-order valence-corrected chi connectivity index (χ0v) is 19.8. The minimum atomic E-state index is -0.589. The molecule has 0 N–H and O–H groups in total. The molecule has 0 fully saturated rings. The molecule has 0 amide bonds. The lowest BCUT2D eigenvalue weighted by Gasteiger charge is -2.10. The van der Waals surface area contributed by atoms with Crippen LogP contribution in [0.1, 0.15) is 15.9 Å².